The van der Waals surface area contributed by atoms with E-state index in [1.54, 1.807) is 6.92 Å². The third kappa shape index (κ3) is 8.89. The highest BCUT2D eigenvalue weighted by Crippen LogP contribution is 2.39. The van der Waals surface area contributed by atoms with Crippen LogP contribution in [0.15, 0.2) is 24.3 Å². The van der Waals surface area contributed by atoms with Gasteiger partial charge in [0.25, 0.3) is 0 Å². The smallest absolute Gasteiger partial charge is 0.469 e. The summed E-state index contributed by atoms with van der Waals surface area (Å²) in [6.45, 7) is 0.937. The zero-order valence-corrected chi connectivity index (χ0v) is 21.0. The molecule has 2 aromatic rings. The van der Waals surface area contributed by atoms with Crippen LogP contribution in [0.25, 0.3) is 0 Å². The molecule has 0 aliphatic carbocycles. The highest BCUT2D eigenvalue weighted by molar-refractivity contribution is 7.46. The van der Waals surface area contributed by atoms with Crippen LogP contribution in [0, 0.1) is 17.5 Å². The Morgan fingerprint density at radius 3 is 2.30 bits per heavy atom. The Hall–Kier alpha value is -2.31. The molecule has 14 heteroatoms. The van der Waals surface area contributed by atoms with Crippen LogP contribution < -0.4 is 15.2 Å². The van der Waals surface area contributed by atoms with E-state index in [0.717, 1.165) is 25.3 Å². The second kappa shape index (κ2) is 12.5. The van der Waals surface area contributed by atoms with Crippen LogP contribution in [-0.2, 0) is 28.1 Å². The SMILES string of the molecule is CC[C@@](N)(CCc1ccc(OCCCc2cc(F)c(F)c(F)c2OC)c(C(F)(F)F)c1)COP(=O)(O)O. The molecule has 0 radical (unpaired) electrons. The Labute approximate surface area is 209 Å². The molecule has 0 spiro atoms. The standard InChI is InChI=1S/C23H28F6NO6P/c1-3-22(30,13-36-37(31,32)33)9-8-14-6-7-18(16(11-14)23(27,28)29)35-10-4-5-15-12-17(24)19(25)20(26)21(15)34-2/h6-7,11-12H,3-5,8-10,13,30H2,1-2H3,(H2,31,32,33)/t22-/m1/s1. The van der Waals surface area contributed by atoms with Crippen molar-refractivity contribution in [2.24, 2.45) is 5.73 Å². The average molecular weight is 559 g/mol. The number of rotatable bonds is 13. The van der Waals surface area contributed by atoms with Gasteiger partial charge in [-0.05, 0) is 55.9 Å². The molecule has 0 heterocycles. The predicted molar refractivity (Wildman–Crippen MR) is 122 cm³/mol. The van der Waals surface area contributed by atoms with Gasteiger partial charge in [0.05, 0.1) is 25.9 Å². The summed E-state index contributed by atoms with van der Waals surface area (Å²) >= 11 is 0. The monoisotopic (exact) mass is 559 g/mol. The fraction of sp³-hybridized carbons (Fsp3) is 0.478. The molecule has 0 aliphatic rings. The van der Waals surface area contributed by atoms with Crippen LogP contribution in [0.2, 0.25) is 0 Å². The Kier molecular flexibility index (Phi) is 10.4. The lowest BCUT2D eigenvalue weighted by Crippen LogP contribution is -2.44. The maximum Gasteiger partial charge on any atom is 0.469 e. The Bertz CT molecular complexity index is 1130. The topological polar surface area (TPSA) is 111 Å². The van der Waals surface area contributed by atoms with Gasteiger partial charge in [0.1, 0.15) is 5.75 Å². The van der Waals surface area contributed by atoms with Gasteiger partial charge in [-0.25, -0.2) is 13.3 Å². The number of hydrogen-bond acceptors (Lipinski definition) is 5. The second-order valence-electron chi connectivity index (χ2n) is 8.44. The van der Waals surface area contributed by atoms with Gasteiger partial charge in [-0.2, -0.15) is 17.6 Å². The number of benzene rings is 2. The summed E-state index contributed by atoms with van der Waals surface area (Å²) in [5.74, 6) is -5.55. The summed E-state index contributed by atoms with van der Waals surface area (Å²) in [6, 6.07) is 4.18. The zero-order chi connectivity index (χ0) is 28.0. The van der Waals surface area contributed by atoms with Crippen molar-refractivity contribution in [2.75, 3.05) is 20.3 Å². The first-order valence-electron chi connectivity index (χ1n) is 11.1. The second-order valence-corrected chi connectivity index (χ2v) is 9.68. The van der Waals surface area contributed by atoms with E-state index in [9.17, 15) is 30.9 Å². The van der Waals surface area contributed by atoms with Gasteiger partial charge in [0, 0.05) is 11.1 Å². The first-order valence-corrected chi connectivity index (χ1v) is 12.7. The number of alkyl halides is 3. The molecule has 37 heavy (non-hydrogen) atoms. The highest BCUT2D eigenvalue weighted by Gasteiger charge is 2.35. The van der Waals surface area contributed by atoms with Crippen molar-refractivity contribution in [3.05, 3.63) is 58.4 Å². The number of nitrogens with two attached hydrogens (primary N) is 1. The molecule has 0 aliphatic heterocycles. The molecule has 0 saturated carbocycles. The zero-order valence-electron chi connectivity index (χ0n) is 20.1. The molecule has 1 atom stereocenters. The molecule has 0 bridgehead atoms. The predicted octanol–water partition coefficient (Wildman–Crippen LogP) is 5.29. The molecular formula is C23H28F6NO6P. The quantitative estimate of drug-likeness (QED) is 0.132. The van der Waals surface area contributed by atoms with Crippen molar-refractivity contribution in [2.45, 2.75) is 50.7 Å². The number of phosphoric ester groups is 1. The first-order chi connectivity index (χ1) is 17.1. The van der Waals surface area contributed by atoms with Crippen molar-refractivity contribution in [3.63, 3.8) is 0 Å². The number of methoxy groups -OCH3 is 1. The van der Waals surface area contributed by atoms with Crippen molar-refractivity contribution < 1.29 is 54.7 Å². The molecule has 0 saturated heterocycles. The average Bonchev–Trinajstić information content (AvgIpc) is 2.82. The number of aryl methyl sites for hydroxylation is 2. The van der Waals surface area contributed by atoms with E-state index in [-0.39, 0.29) is 49.8 Å². The fourth-order valence-electron chi connectivity index (χ4n) is 3.52. The number of phosphoric acid groups is 1. The van der Waals surface area contributed by atoms with Crippen LogP contribution in [0.4, 0.5) is 26.3 Å². The summed E-state index contributed by atoms with van der Waals surface area (Å²) < 4.78 is 107. The van der Waals surface area contributed by atoms with E-state index in [0.29, 0.717) is 0 Å². The third-order valence-electron chi connectivity index (χ3n) is 5.73. The van der Waals surface area contributed by atoms with Crippen LogP contribution >= 0.6 is 7.82 Å². The van der Waals surface area contributed by atoms with Gasteiger partial charge >= 0.3 is 14.0 Å². The number of halogens is 6. The van der Waals surface area contributed by atoms with Crippen molar-refractivity contribution in [1.29, 1.82) is 0 Å². The Morgan fingerprint density at radius 1 is 1.05 bits per heavy atom. The molecule has 7 nitrogen and oxygen atoms in total. The van der Waals surface area contributed by atoms with E-state index in [4.69, 9.17) is 25.0 Å². The number of ether oxygens (including phenoxy) is 2. The summed E-state index contributed by atoms with van der Waals surface area (Å²) in [7, 11) is -3.68. The lowest BCUT2D eigenvalue weighted by atomic mass is 9.90. The van der Waals surface area contributed by atoms with Gasteiger partial charge < -0.3 is 25.0 Å². The normalized spacial score (nSPS) is 13.9. The minimum Gasteiger partial charge on any atom is -0.493 e. The lowest BCUT2D eigenvalue weighted by Gasteiger charge is -2.28. The molecule has 2 rings (SSSR count). The van der Waals surface area contributed by atoms with E-state index in [1.165, 1.54) is 6.07 Å². The van der Waals surface area contributed by atoms with Gasteiger partial charge in [-0.1, -0.05) is 13.0 Å². The van der Waals surface area contributed by atoms with Crippen LogP contribution in [0.1, 0.15) is 42.9 Å². The minimum atomic E-state index is -4.76. The van der Waals surface area contributed by atoms with E-state index >= 15 is 0 Å². The Morgan fingerprint density at radius 2 is 1.73 bits per heavy atom. The van der Waals surface area contributed by atoms with Crippen molar-refractivity contribution >= 4 is 7.82 Å². The summed E-state index contributed by atoms with van der Waals surface area (Å²) in [5, 5.41) is 0. The van der Waals surface area contributed by atoms with Crippen LogP contribution in [0.3, 0.4) is 0 Å². The summed E-state index contributed by atoms with van der Waals surface area (Å²) in [4.78, 5) is 17.7. The molecule has 208 valence electrons. The van der Waals surface area contributed by atoms with Crippen molar-refractivity contribution in [3.8, 4) is 11.5 Å². The first kappa shape index (κ1) is 30.9. The van der Waals surface area contributed by atoms with Crippen LogP contribution in [0.5, 0.6) is 11.5 Å². The largest absolute Gasteiger partial charge is 0.493 e. The van der Waals surface area contributed by atoms with Crippen molar-refractivity contribution in [1.82, 2.24) is 0 Å². The number of hydrogen-bond donors (Lipinski definition) is 3. The maximum atomic E-state index is 13.8. The minimum absolute atomic E-state index is 0.00202. The highest BCUT2D eigenvalue weighted by atomic mass is 31.2. The summed E-state index contributed by atoms with van der Waals surface area (Å²) in [6.07, 6.45) is -4.35. The van der Waals surface area contributed by atoms with E-state index < -0.39 is 60.7 Å². The molecular weight excluding hydrogens is 531 g/mol. The van der Waals surface area contributed by atoms with Crippen LogP contribution in [-0.4, -0.2) is 35.6 Å². The molecule has 4 N–H and O–H groups in total. The van der Waals surface area contributed by atoms with Gasteiger partial charge in [-0.15, -0.1) is 0 Å². The van der Waals surface area contributed by atoms with Gasteiger partial charge in [-0.3, -0.25) is 4.52 Å². The molecule has 0 fully saturated rings. The molecule has 0 unspecified atom stereocenters. The van der Waals surface area contributed by atoms with E-state index in [2.05, 4.69) is 4.52 Å². The lowest BCUT2D eigenvalue weighted by molar-refractivity contribution is -0.139. The molecule has 0 amide bonds. The fourth-order valence-corrected chi connectivity index (χ4v) is 3.94. The van der Waals surface area contributed by atoms with Gasteiger partial charge in [0.2, 0.25) is 5.82 Å². The molecule has 2 aromatic carbocycles. The molecule has 0 aromatic heterocycles. The maximum absolute atomic E-state index is 13.8. The van der Waals surface area contributed by atoms with Gasteiger partial charge in [0.15, 0.2) is 17.4 Å². The van der Waals surface area contributed by atoms with E-state index in [1.807, 2.05) is 0 Å². The third-order valence-corrected chi connectivity index (χ3v) is 6.20. The Balaban J connectivity index is 2.08. The summed E-state index contributed by atoms with van der Waals surface area (Å²) in [5.41, 5.74) is 4.13.